The van der Waals surface area contributed by atoms with Crippen LogP contribution in [-0.4, -0.2) is 7.11 Å². The third-order valence-electron chi connectivity index (χ3n) is 5.38. The summed E-state index contributed by atoms with van der Waals surface area (Å²) in [6.07, 6.45) is 1.54. The zero-order valence-electron chi connectivity index (χ0n) is 18.3. The standard InChI is InChI=1S/C27H22O6/c1-17-14-22(28)23-24(29-2)21-12-13-30-25(21)27(26(23)33-17)32-16-19-8-10-20(11-9-19)31-15-18-6-4-3-5-7-18/h3-14H,15-16H2,1-2H3. The van der Waals surface area contributed by atoms with Gasteiger partial charge in [0.15, 0.2) is 16.6 Å². The maximum Gasteiger partial charge on any atom is 0.206 e. The molecule has 0 N–H and O–H groups in total. The number of fused-ring (bicyclic) bond motifs is 2. The van der Waals surface area contributed by atoms with Crippen molar-refractivity contribution in [1.82, 2.24) is 0 Å². The molecular formula is C27H22O6. The minimum atomic E-state index is -0.196. The van der Waals surface area contributed by atoms with Gasteiger partial charge in [-0.05, 0) is 36.2 Å². The summed E-state index contributed by atoms with van der Waals surface area (Å²) in [5.41, 5.74) is 2.62. The van der Waals surface area contributed by atoms with E-state index in [2.05, 4.69) is 0 Å². The lowest BCUT2D eigenvalue weighted by Crippen LogP contribution is -2.05. The lowest BCUT2D eigenvalue weighted by atomic mass is 10.1. The average molecular weight is 442 g/mol. The van der Waals surface area contributed by atoms with Crippen LogP contribution in [0.15, 0.2) is 86.6 Å². The van der Waals surface area contributed by atoms with E-state index in [9.17, 15) is 4.79 Å². The summed E-state index contributed by atoms with van der Waals surface area (Å²) < 4.78 is 29.1. The molecule has 0 saturated carbocycles. The van der Waals surface area contributed by atoms with Gasteiger partial charge in [0.1, 0.15) is 35.9 Å². The van der Waals surface area contributed by atoms with E-state index in [1.807, 2.05) is 54.6 Å². The Hall–Kier alpha value is -4.19. The molecular weight excluding hydrogens is 420 g/mol. The van der Waals surface area contributed by atoms with E-state index < -0.39 is 0 Å². The van der Waals surface area contributed by atoms with Gasteiger partial charge in [0.2, 0.25) is 5.75 Å². The summed E-state index contributed by atoms with van der Waals surface area (Å²) in [7, 11) is 1.52. The Morgan fingerprint density at radius 2 is 1.55 bits per heavy atom. The van der Waals surface area contributed by atoms with Gasteiger partial charge >= 0.3 is 0 Å². The zero-order chi connectivity index (χ0) is 22.8. The van der Waals surface area contributed by atoms with E-state index in [1.165, 1.54) is 19.4 Å². The topological polar surface area (TPSA) is 71.0 Å². The normalized spacial score (nSPS) is 11.1. The highest BCUT2D eigenvalue weighted by molar-refractivity contribution is 6.06. The van der Waals surface area contributed by atoms with Crippen LogP contribution in [0.25, 0.3) is 21.9 Å². The minimum absolute atomic E-state index is 0.196. The third-order valence-corrected chi connectivity index (χ3v) is 5.38. The van der Waals surface area contributed by atoms with Gasteiger partial charge in [0.25, 0.3) is 0 Å². The quantitative estimate of drug-likeness (QED) is 0.307. The molecule has 166 valence electrons. The van der Waals surface area contributed by atoms with Crippen molar-refractivity contribution in [3.8, 4) is 17.2 Å². The molecule has 6 nitrogen and oxygen atoms in total. The number of aryl methyl sites for hydroxylation is 1. The molecule has 5 aromatic rings. The Kier molecular flexibility index (Phi) is 5.48. The van der Waals surface area contributed by atoms with Crippen LogP contribution < -0.4 is 19.6 Å². The molecule has 0 atom stereocenters. The number of hydrogen-bond donors (Lipinski definition) is 0. The first-order valence-corrected chi connectivity index (χ1v) is 10.5. The molecule has 2 aromatic heterocycles. The molecule has 6 heteroatoms. The van der Waals surface area contributed by atoms with Crippen molar-refractivity contribution in [2.45, 2.75) is 20.1 Å². The molecule has 3 aromatic carbocycles. The van der Waals surface area contributed by atoms with Crippen LogP contribution in [-0.2, 0) is 13.2 Å². The van der Waals surface area contributed by atoms with Crippen molar-refractivity contribution in [3.63, 3.8) is 0 Å². The summed E-state index contributed by atoms with van der Waals surface area (Å²) >= 11 is 0. The highest BCUT2D eigenvalue weighted by Gasteiger charge is 2.23. The molecule has 2 heterocycles. The summed E-state index contributed by atoms with van der Waals surface area (Å²) in [5.74, 6) is 2.03. The van der Waals surface area contributed by atoms with E-state index in [-0.39, 0.29) is 12.0 Å². The van der Waals surface area contributed by atoms with E-state index in [0.717, 1.165) is 16.9 Å². The maximum absolute atomic E-state index is 12.7. The van der Waals surface area contributed by atoms with Gasteiger partial charge in [-0.3, -0.25) is 4.79 Å². The van der Waals surface area contributed by atoms with Gasteiger partial charge in [-0.1, -0.05) is 42.5 Å². The SMILES string of the molecule is COc1c2ccoc2c(OCc2ccc(OCc3ccccc3)cc2)c2oc(C)cc(=O)c12. The number of benzene rings is 3. The van der Waals surface area contributed by atoms with Gasteiger partial charge in [-0.15, -0.1) is 0 Å². The maximum atomic E-state index is 12.7. The fourth-order valence-electron chi connectivity index (χ4n) is 3.81. The van der Waals surface area contributed by atoms with Crippen molar-refractivity contribution in [1.29, 1.82) is 0 Å². The summed E-state index contributed by atoms with van der Waals surface area (Å²) in [5, 5.41) is 0.984. The predicted octanol–water partition coefficient (Wildman–Crippen LogP) is 6.01. The van der Waals surface area contributed by atoms with E-state index in [1.54, 1.807) is 13.0 Å². The first-order chi connectivity index (χ1) is 16.1. The smallest absolute Gasteiger partial charge is 0.206 e. The second kappa shape index (κ2) is 8.74. The number of hydrogen-bond acceptors (Lipinski definition) is 6. The van der Waals surface area contributed by atoms with Crippen LogP contribution in [0, 0.1) is 6.92 Å². The molecule has 0 radical (unpaired) electrons. The van der Waals surface area contributed by atoms with Crippen molar-refractivity contribution in [2.24, 2.45) is 0 Å². The van der Waals surface area contributed by atoms with Crippen molar-refractivity contribution in [3.05, 3.63) is 100 Å². The highest BCUT2D eigenvalue weighted by Crippen LogP contribution is 2.42. The van der Waals surface area contributed by atoms with E-state index in [4.69, 9.17) is 23.0 Å². The number of ether oxygens (including phenoxy) is 3. The average Bonchev–Trinajstić information content (AvgIpc) is 3.31. The minimum Gasteiger partial charge on any atom is -0.495 e. The molecule has 0 aliphatic rings. The van der Waals surface area contributed by atoms with Crippen molar-refractivity contribution in [2.75, 3.05) is 7.11 Å². The summed E-state index contributed by atoms with van der Waals surface area (Å²) in [4.78, 5) is 12.7. The number of furan rings is 1. The van der Waals surface area contributed by atoms with Gasteiger partial charge in [0, 0.05) is 6.07 Å². The number of rotatable bonds is 7. The molecule has 0 fully saturated rings. The molecule has 0 aliphatic heterocycles. The summed E-state index contributed by atoms with van der Waals surface area (Å²) in [6, 6.07) is 20.9. The Balaban J connectivity index is 1.41. The van der Waals surface area contributed by atoms with Gasteiger partial charge in [-0.25, -0.2) is 0 Å². The van der Waals surface area contributed by atoms with Gasteiger partial charge in [0.05, 0.1) is 18.8 Å². The Morgan fingerprint density at radius 3 is 2.30 bits per heavy atom. The van der Waals surface area contributed by atoms with Crippen molar-refractivity contribution >= 4 is 21.9 Å². The van der Waals surface area contributed by atoms with E-state index >= 15 is 0 Å². The molecule has 0 saturated heterocycles. The fraction of sp³-hybridized carbons (Fsp3) is 0.148. The zero-order valence-corrected chi connectivity index (χ0v) is 18.3. The molecule has 5 rings (SSSR count). The second-order valence-corrected chi connectivity index (χ2v) is 7.66. The Morgan fingerprint density at radius 1 is 0.818 bits per heavy atom. The van der Waals surface area contributed by atoms with Crippen molar-refractivity contribution < 1.29 is 23.0 Å². The first-order valence-electron chi connectivity index (χ1n) is 10.5. The van der Waals surface area contributed by atoms with E-state index in [0.29, 0.717) is 45.8 Å². The molecule has 33 heavy (non-hydrogen) atoms. The van der Waals surface area contributed by atoms with Gasteiger partial charge in [-0.2, -0.15) is 0 Å². The molecule has 0 spiro atoms. The second-order valence-electron chi connectivity index (χ2n) is 7.66. The van der Waals surface area contributed by atoms with Crippen LogP contribution in [0.4, 0.5) is 0 Å². The van der Waals surface area contributed by atoms with Gasteiger partial charge < -0.3 is 23.0 Å². The highest BCUT2D eigenvalue weighted by atomic mass is 16.5. The molecule has 0 aliphatic carbocycles. The molecule has 0 unspecified atom stereocenters. The molecule has 0 amide bonds. The monoisotopic (exact) mass is 442 g/mol. The largest absolute Gasteiger partial charge is 0.495 e. The van der Waals surface area contributed by atoms with Crippen LogP contribution in [0.2, 0.25) is 0 Å². The lowest BCUT2D eigenvalue weighted by Gasteiger charge is -2.13. The van der Waals surface area contributed by atoms with Crippen LogP contribution in [0.1, 0.15) is 16.9 Å². The fourth-order valence-corrected chi connectivity index (χ4v) is 3.81. The van der Waals surface area contributed by atoms with Crippen LogP contribution >= 0.6 is 0 Å². The van der Waals surface area contributed by atoms with Crippen LogP contribution in [0.3, 0.4) is 0 Å². The number of methoxy groups -OCH3 is 1. The third kappa shape index (κ3) is 4.03. The molecule has 0 bridgehead atoms. The lowest BCUT2D eigenvalue weighted by molar-refractivity contribution is 0.299. The first kappa shape index (κ1) is 20.7. The predicted molar refractivity (Wildman–Crippen MR) is 125 cm³/mol. The van der Waals surface area contributed by atoms with Crippen LogP contribution in [0.5, 0.6) is 17.2 Å². The Bertz CT molecular complexity index is 1460. The summed E-state index contributed by atoms with van der Waals surface area (Å²) in [6.45, 7) is 2.48. The Labute approximate surface area is 189 Å².